The summed E-state index contributed by atoms with van der Waals surface area (Å²) in [6.07, 6.45) is 0.975. The SMILES string of the molecule is CCCOc1cccc(CO[C]=O)c1. The predicted octanol–water partition coefficient (Wildman–Crippen LogP) is 2.06. The number of benzene rings is 1. The van der Waals surface area contributed by atoms with Crippen LogP contribution in [0.1, 0.15) is 18.9 Å². The molecule has 0 unspecified atom stereocenters. The van der Waals surface area contributed by atoms with Gasteiger partial charge in [0.1, 0.15) is 12.4 Å². The summed E-state index contributed by atoms with van der Waals surface area (Å²) in [5.41, 5.74) is 0.905. The van der Waals surface area contributed by atoms with Crippen molar-refractivity contribution in [2.24, 2.45) is 0 Å². The fraction of sp³-hybridized carbons (Fsp3) is 0.364. The Morgan fingerprint density at radius 2 is 2.29 bits per heavy atom. The van der Waals surface area contributed by atoms with Crippen LogP contribution in [-0.4, -0.2) is 13.1 Å². The first-order valence-electron chi connectivity index (χ1n) is 4.57. The van der Waals surface area contributed by atoms with E-state index in [1.54, 1.807) is 0 Å². The highest BCUT2D eigenvalue weighted by Crippen LogP contribution is 2.13. The lowest BCUT2D eigenvalue weighted by Crippen LogP contribution is -1.96. The fourth-order valence-electron chi connectivity index (χ4n) is 1.06. The molecule has 1 aromatic rings. The average Bonchev–Trinajstić information content (AvgIpc) is 2.24. The molecule has 3 nitrogen and oxygen atoms in total. The highest BCUT2D eigenvalue weighted by atomic mass is 16.5. The molecular weight excluding hydrogens is 180 g/mol. The molecule has 0 heterocycles. The maximum Gasteiger partial charge on any atom is 0.417 e. The number of rotatable bonds is 6. The van der Waals surface area contributed by atoms with E-state index in [0.29, 0.717) is 6.61 Å². The predicted molar refractivity (Wildman–Crippen MR) is 52.7 cm³/mol. The molecule has 14 heavy (non-hydrogen) atoms. The molecule has 0 atom stereocenters. The highest BCUT2D eigenvalue weighted by Gasteiger charge is 1.96. The maximum absolute atomic E-state index is 9.86. The van der Waals surface area contributed by atoms with Crippen LogP contribution < -0.4 is 4.74 Å². The van der Waals surface area contributed by atoms with E-state index in [-0.39, 0.29) is 6.61 Å². The highest BCUT2D eigenvalue weighted by molar-refractivity contribution is 5.39. The molecule has 0 saturated carbocycles. The van der Waals surface area contributed by atoms with Crippen molar-refractivity contribution in [1.29, 1.82) is 0 Å². The zero-order valence-corrected chi connectivity index (χ0v) is 8.16. The second kappa shape index (κ2) is 6.02. The Labute approximate surface area is 83.6 Å². The van der Waals surface area contributed by atoms with E-state index in [0.717, 1.165) is 17.7 Å². The van der Waals surface area contributed by atoms with Crippen LogP contribution in [0.25, 0.3) is 0 Å². The van der Waals surface area contributed by atoms with Gasteiger partial charge in [0, 0.05) is 0 Å². The summed E-state index contributed by atoms with van der Waals surface area (Å²) < 4.78 is 9.94. The minimum atomic E-state index is 0.243. The van der Waals surface area contributed by atoms with Crippen LogP contribution in [0.4, 0.5) is 0 Å². The monoisotopic (exact) mass is 193 g/mol. The zero-order chi connectivity index (χ0) is 10.2. The Morgan fingerprint density at radius 1 is 1.43 bits per heavy atom. The molecule has 0 bridgehead atoms. The third kappa shape index (κ3) is 3.47. The summed E-state index contributed by atoms with van der Waals surface area (Å²) in [6.45, 7) is 4.38. The lowest BCUT2D eigenvalue weighted by atomic mass is 10.2. The van der Waals surface area contributed by atoms with Gasteiger partial charge in [0.05, 0.1) is 6.61 Å². The van der Waals surface area contributed by atoms with E-state index in [1.807, 2.05) is 31.2 Å². The molecule has 0 saturated heterocycles. The van der Waals surface area contributed by atoms with Crippen LogP contribution in [0, 0.1) is 0 Å². The molecule has 0 aromatic heterocycles. The Hall–Kier alpha value is -1.51. The van der Waals surface area contributed by atoms with Gasteiger partial charge in [0.15, 0.2) is 0 Å². The molecule has 0 spiro atoms. The standard InChI is InChI=1S/C11H13O3/c1-2-6-14-11-5-3-4-10(7-11)8-13-9-12/h3-5,7H,2,6,8H2,1H3. The van der Waals surface area contributed by atoms with Gasteiger partial charge in [0.2, 0.25) is 0 Å². The van der Waals surface area contributed by atoms with Gasteiger partial charge < -0.3 is 9.47 Å². The molecule has 0 aliphatic heterocycles. The smallest absolute Gasteiger partial charge is 0.417 e. The number of carbonyl (C=O) groups excluding carboxylic acids is 1. The van der Waals surface area contributed by atoms with E-state index in [4.69, 9.17) is 4.74 Å². The van der Waals surface area contributed by atoms with Crippen molar-refractivity contribution in [2.45, 2.75) is 20.0 Å². The lowest BCUT2D eigenvalue weighted by molar-refractivity contribution is 0.265. The van der Waals surface area contributed by atoms with Crippen molar-refractivity contribution in [3.8, 4) is 5.75 Å². The molecule has 0 fully saturated rings. The summed E-state index contributed by atoms with van der Waals surface area (Å²) in [4.78, 5) is 9.86. The molecule has 0 aliphatic carbocycles. The van der Waals surface area contributed by atoms with Gasteiger partial charge in [0.25, 0.3) is 0 Å². The van der Waals surface area contributed by atoms with Crippen molar-refractivity contribution >= 4 is 6.47 Å². The first kappa shape index (κ1) is 10.6. The summed E-state index contributed by atoms with van der Waals surface area (Å²) in [5.74, 6) is 0.804. The lowest BCUT2D eigenvalue weighted by Gasteiger charge is -2.05. The maximum atomic E-state index is 9.86. The second-order valence-electron chi connectivity index (χ2n) is 2.87. The minimum absolute atomic E-state index is 0.243. The van der Waals surface area contributed by atoms with Crippen molar-refractivity contribution in [1.82, 2.24) is 0 Å². The van der Waals surface area contributed by atoms with E-state index in [2.05, 4.69) is 4.74 Å². The number of hydrogen-bond acceptors (Lipinski definition) is 3. The average molecular weight is 193 g/mol. The summed E-state index contributed by atoms with van der Waals surface area (Å²) >= 11 is 0. The van der Waals surface area contributed by atoms with Gasteiger partial charge in [-0.05, 0) is 24.1 Å². The molecule has 0 aliphatic rings. The van der Waals surface area contributed by atoms with Gasteiger partial charge >= 0.3 is 6.47 Å². The first-order valence-corrected chi connectivity index (χ1v) is 4.57. The van der Waals surface area contributed by atoms with Gasteiger partial charge in [-0.1, -0.05) is 19.1 Å². The van der Waals surface area contributed by atoms with Crippen LogP contribution in [0.3, 0.4) is 0 Å². The van der Waals surface area contributed by atoms with E-state index in [9.17, 15) is 4.79 Å². The molecule has 0 N–H and O–H groups in total. The van der Waals surface area contributed by atoms with Gasteiger partial charge in [-0.3, -0.25) is 0 Å². The zero-order valence-electron chi connectivity index (χ0n) is 8.16. The first-order chi connectivity index (χ1) is 6.86. The van der Waals surface area contributed by atoms with E-state index >= 15 is 0 Å². The third-order valence-electron chi connectivity index (χ3n) is 1.67. The molecule has 75 valence electrons. The molecule has 1 radical (unpaired) electrons. The van der Waals surface area contributed by atoms with Crippen molar-refractivity contribution in [3.63, 3.8) is 0 Å². The molecule has 0 amide bonds. The van der Waals surface area contributed by atoms with E-state index < -0.39 is 0 Å². The Bertz CT molecular complexity index is 284. The quantitative estimate of drug-likeness (QED) is 0.693. The molecule has 3 heteroatoms. The summed E-state index contributed by atoms with van der Waals surface area (Å²) in [7, 11) is 0. The largest absolute Gasteiger partial charge is 0.494 e. The van der Waals surface area contributed by atoms with Crippen LogP contribution in [0.15, 0.2) is 24.3 Å². The van der Waals surface area contributed by atoms with Crippen molar-refractivity contribution in [2.75, 3.05) is 6.61 Å². The second-order valence-corrected chi connectivity index (χ2v) is 2.87. The Morgan fingerprint density at radius 3 is 3.00 bits per heavy atom. The summed E-state index contributed by atoms with van der Waals surface area (Å²) in [5, 5.41) is 0. The van der Waals surface area contributed by atoms with Gasteiger partial charge in [-0.25, -0.2) is 4.79 Å². The fourth-order valence-corrected chi connectivity index (χ4v) is 1.06. The van der Waals surface area contributed by atoms with Gasteiger partial charge in [-0.2, -0.15) is 0 Å². The number of ether oxygens (including phenoxy) is 2. The minimum Gasteiger partial charge on any atom is -0.494 e. The molecular formula is C11H13O3. The third-order valence-corrected chi connectivity index (χ3v) is 1.67. The van der Waals surface area contributed by atoms with Crippen LogP contribution in [0.2, 0.25) is 0 Å². The van der Waals surface area contributed by atoms with Crippen LogP contribution in [-0.2, 0) is 16.1 Å². The normalized spacial score (nSPS) is 9.50. The number of hydrogen-bond donors (Lipinski definition) is 0. The van der Waals surface area contributed by atoms with Crippen molar-refractivity contribution in [3.05, 3.63) is 29.8 Å². The van der Waals surface area contributed by atoms with Crippen molar-refractivity contribution < 1.29 is 14.3 Å². The van der Waals surface area contributed by atoms with E-state index in [1.165, 1.54) is 6.47 Å². The Balaban J connectivity index is 2.54. The Kier molecular flexibility index (Phi) is 4.55. The topological polar surface area (TPSA) is 35.5 Å². The molecule has 1 rings (SSSR count). The van der Waals surface area contributed by atoms with Crippen LogP contribution in [0.5, 0.6) is 5.75 Å². The van der Waals surface area contributed by atoms with Gasteiger partial charge in [-0.15, -0.1) is 0 Å². The van der Waals surface area contributed by atoms with Crippen LogP contribution >= 0.6 is 0 Å². The summed E-state index contributed by atoms with van der Waals surface area (Å²) in [6, 6.07) is 7.47. The molecule has 1 aromatic carbocycles.